The van der Waals surface area contributed by atoms with E-state index >= 15 is 0 Å². The molecule has 0 bridgehead atoms. The Morgan fingerprint density at radius 1 is 0.436 bits per heavy atom. The van der Waals surface area contributed by atoms with Crippen LogP contribution in [-0.4, -0.2) is 276 Å². The largest absolute Gasteiger partial charge is 0.514 e. The van der Waals surface area contributed by atoms with Crippen LogP contribution in [-0.2, 0) is 314 Å². The number of aromatic nitrogens is 3. The predicted octanol–water partition coefficient (Wildman–Crippen LogP) is 19.2. The molecule has 29 nitrogen and oxygen atoms in total. The Balaban J connectivity index is -0.000000216. The predicted molar refractivity (Wildman–Crippen MR) is 507 cm³/mol. The van der Waals surface area contributed by atoms with Crippen LogP contribution in [0, 0.1) is 67.5 Å². The molecule has 747 valence electrons. The second-order valence-corrected chi connectivity index (χ2v) is 37.1. The van der Waals surface area contributed by atoms with Crippen molar-refractivity contribution < 1.29 is 343 Å². The molecule has 3 aromatic rings. The van der Waals surface area contributed by atoms with Crippen LogP contribution in [0.15, 0.2) is 73.6 Å². The molecule has 9 saturated heterocycles. The molecular formula is C91H156B2N5O24S4Y7-7. The molecule has 9 unspecified atom stereocenters. The van der Waals surface area contributed by atoms with Gasteiger partial charge in [-0.05, 0) is 217 Å². The van der Waals surface area contributed by atoms with Crippen molar-refractivity contribution in [3.8, 4) is 0 Å². The van der Waals surface area contributed by atoms with Crippen LogP contribution in [0.5, 0.6) is 0 Å². The first kappa shape index (κ1) is 151. The minimum Gasteiger partial charge on any atom is -0.451 e. The molecule has 9 aliphatic rings. The van der Waals surface area contributed by atoms with Crippen molar-refractivity contribution in [2.24, 2.45) is 5.92 Å². The maximum Gasteiger partial charge on any atom is 0.514 e. The second-order valence-electron chi connectivity index (χ2n) is 31.4. The summed E-state index contributed by atoms with van der Waals surface area (Å²) in [6.45, 7) is 78.5. The normalized spacial score (nSPS) is 27.2. The van der Waals surface area contributed by atoms with E-state index in [9.17, 15) is 19.2 Å². The Labute approximate surface area is 994 Å². The first-order valence-electron chi connectivity index (χ1n) is 44.2. The van der Waals surface area contributed by atoms with Crippen molar-refractivity contribution in [1.82, 2.24) is 15.0 Å². The average Bonchev–Trinajstić information content (AvgIpc) is 1.75. The van der Waals surface area contributed by atoms with Gasteiger partial charge in [0.2, 0.25) is 6.54 Å². The van der Waals surface area contributed by atoms with Gasteiger partial charge in [-0.3, -0.25) is 4.85 Å². The smallest absolute Gasteiger partial charge is 0.451 e. The van der Waals surface area contributed by atoms with Crippen molar-refractivity contribution in [1.29, 1.82) is 0 Å². The van der Waals surface area contributed by atoms with E-state index in [1.165, 1.54) is 42.3 Å². The molecule has 5 N–H and O–H groups in total. The maximum absolute atomic E-state index is 11.1. The zero-order valence-electron chi connectivity index (χ0n) is 82.8. The van der Waals surface area contributed by atoms with Gasteiger partial charge in [-0.2, -0.15) is 0 Å². The summed E-state index contributed by atoms with van der Waals surface area (Å²) >= 11 is 8.12. The summed E-state index contributed by atoms with van der Waals surface area (Å²) < 4.78 is 95.3. The number of thioether (sulfide) groups is 4. The molecule has 42 heteroatoms. The van der Waals surface area contributed by atoms with E-state index in [0.717, 1.165) is 32.2 Å². The summed E-state index contributed by atoms with van der Waals surface area (Å²) in [5.74, 6) is 5.42. The molecule has 12 rings (SSSR count). The van der Waals surface area contributed by atoms with Gasteiger partial charge in [0.15, 0.2) is 0 Å². The Hall–Kier alpha value is 2.68. The monoisotopic (exact) mass is 2480 g/mol. The van der Waals surface area contributed by atoms with Gasteiger partial charge in [0.05, 0.1) is 115 Å². The van der Waals surface area contributed by atoms with Gasteiger partial charge in [-0.25, -0.2) is 32.3 Å². The number of aromatic amines is 3. The van der Waals surface area contributed by atoms with E-state index in [4.69, 9.17) is 94.2 Å². The van der Waals surface area contributed by atoms with E-state index < -0.39 is 24.6 Å². The average molecular weight is 2480 g/mol. The van der Waals surface area contributed by atoms with E-state index in [2.05, 4.69) is 122 Å². The van der Waals surface area contributed by atoms with Crippen molar-refractivity contribution in [2.45, 2.75) is 351 Å². The summed E-state index contributed by atoms with van der Waals surface area (Å²) in [5.41, 5.74) is 0. The number of nitrogens with zero attached hydrogens (tertiary/aromatic N) is 2. The number of ether oxygens (including phenoxy) is 18. The molecule has 9 aliphatic heterocycles. The van der Waals surface area contributed by atoms with Gasteiger partial charge in [0, 0.05) is 292 Å². The van der Waals surface area contributed by atoms with Gasteiger partial charge in [-0.15, -0.1) is 47.0 Å². The van der Waals surface area contributed by atoms with E-state index in [-0.39, 0.29) is 372 Å². The van der Waals surface area contributed by atoms with Crippen LogP contribution >= 0.6 is 47.0 Å². The van der Waals surface area contributed by atoms with E-state index in [1.54, 1.807) is 48.2 Å². The van der Waals surface area contributed by atoms with Gasteiger partial charge in [-0.1, -0.05) is 60.9 Å². The summed E-state index contributed by atoms with van der Waals surface area (Å²) in [6.07, 6.45) is 18.3. The van der Waals surface area contributed by atoms with Crippen LogP contribution in [0.4, 0.5) is 19.2 Å². The molecular weight excluding hydrogens is 2320 g/mol. The van der Waals surface area contributed by atoms with Gasteiger partial charge in [0.1, 0.15) is 24.4 Å². The molecule has 0 spiro atoms. The number of H-pyrrole nitrogens is 3. The SMILES string of the molecule is CB(C)O.CCB(C)O.CCC.[C-]#[N+]CC(C)COC1C[C@H](C)O[C@@H]1[CH2-].[C-]#[N+]COC(=O)OC1C[C@H](C)O[C@@H]1[CH2-].[CH2-][C@H]1O[C@@H](C)CC1OC(=O)OC(C)C.[CH2-][C@H]1O[C@@H](C)CC1OC(=O)OCC.[CH2-][C@H]1O[C@@H](C)CC1OC(=O)OCC.[CH2-][C@H]1O[C@@H](C)CC1OC(C)C1SCCCS1.[CH2-][C@H]1O[C@@H](C)CC1OCC1SCCCS1.[Y].[Y].[Y].[Y].[Y].[Y].[Y].c1cc[nH]c1.c1cc[nH]c1.c1cc[nH]c1. The maximum atomic E-state index is 11.1. The van der Waals surface area contributed by atoms with E-state index in [0.29, 0.717) is 85.4 Å². The van der Waals surface area contributed by atoms with Crippen LogP contribution in [0.3, 0.4) is 0 Å². The summed E-state index contributed by atoms with van der Waals surface area (Å²) in [6, 6.07) is 11.7. The molecule has 23 atom stereocenters. The van der Waals surface area contributed by atoms with Crippen molar-refractivity contribution in [2.75, 3.05) is 62.7 Å². The van der Waals surface area contributed by atoms with Crippen LogP contribution in [0.25, 0.3) is 9.69 Å². The fourth-order valence-electron chi connectivity index (χ4n) is 11.9. The molecule has 3 aromatic heterocycles. The number of rotatable bonds is 19. The van der Waals surface area contributed by atoms with Crippen LogP contribution < -0.4 is 0 Å². The Bertz CT molecular complexity index is 3010. The number of hydrogen-bond donors (Lipinski definition) is 5. The van der Waals surface area contributed by atoms with Crippen molar-refractivity contribution in [3.05, 3.63) is 145 Å². The van der Waals surface area contributed by atoms with E-state index in [1.807, 2.05) is 169 Å². The standard InChI is InChI=1S/C12H21O2S2.C11H18NO2.C11H19O2S2.C10H17O4.C9H12NO4.2C9H15O4.3C4H5N.C3H9BO.C3H8.C2H7BO.7Y/c1-8-7-11(9(2)13-8)14-10(3)12-15-5-4-6-16-12;1-8(6-12-4)7-13-11-5-9(2)14-10(11)3;1-8-6-10(9(2)13-8)12-7-11-14-4-3-5-15-11;1-6(2)12-10(11)14-9-5-7(3)13-8(9)4;1-6-4-8(7(2)13-6)14-9(11)12-5-10-3;2*1-4-11-9(10)13-8-5-6(2)12-7(8)3;3*1-2-4-5-3-1;1-3-4(2)5;1-3-2;1-3(2)4;;;;;;;/h8-12H,2,4-7H2,1,3H3;8-11H,3,5-7H2,1-2H3;8-11H,2-7H2,1H3;6-9H,4-5H2,1-3H3;6-8H,2,4-5H2,1H3;2*6-8H,3-5H2,1-2H3;3*1-5H;5H,3H2,1-2H3;3H2,1-2H3;4H,1-2H3;;;;;;;/q7*-1;;;;;;;;;;;;;/t8-,9+,10?,11?;8?,9-,10+,11?;8-,9+,10?;7-,8+,9?;3*6-,7+,8?;;;;;;;;;;;;;/m0000000............./s1. The summed E-state index contributed by atoms with van der Waals surface area (Å²) in [4.78, 5) is 58.7. The third-order valence-corrected chi connectivity index (χ3v) is 24.0. The molecule has 0 saturated carbocycles. The quantitative estimate of drug-likeness (QED) is 0.0322. The van der Waals surface area contributed by atoms with Gasteiger partial charge in [0.25, 0.3) is 13.8 Å². The van der Waals surface area contributed by atoms with Crippen LogP contribution in [0.1, 0.15) is 175 Å². The van der Waals surface area contributed by atoms with Gasteiger partial charge < -0.3 is 164 Å². The Morgan fingerprint density at radius 2 is 0.707 bits per heavy atom. The first-order chi connectivity index (χ1) is 59.8. The number of hydrogen-bond acceptors (Lipinski definition) is 28. The second kappa shape index (κ2) is 95.6. The Kier molecular flexibility index (Phi) is 108. The molecule has 12 heterocycles. The minimum absolute atomic E-state index is 0. The number of carbonyl (C=O) groups excluding carboxylic acids is 4. The fraction of sp³-hybridized carbons (Fsp3) is 0.725. The molecule has 0 aliphatic carbocycles. The zero-order chi connectivity index (χ0) is 94.9. The zero-order valence-corrected chi connectivity index (χ0v) is 106. The topological polar surface area (TPSA) is 331 Å². The third kappa shape index (κ3) is 81.4. The molecule has 7 radical (unpaired) electrons. The molecule has 9 fully saturated rings. The summed E-state index contributed by atoms with van der Waals surface area (Å²) in [5, 5.41) is 16.4. The van der Waals surface area contributed by atoms with Gasteiger partial charge >= 0.3 is 31.4 Å². The van der Waals surface area contributed by atoms with Crippen molar-refractivity contribution in [3.63, 3.8) is 0 Å². The van der Waals surface area contributed by atoms with Crippen molar-refractivity contribution >= 4 is 85.5 Å². The fourth-order valence-corrected chi connectivity index (χ4v) is 17.4. The first-order valence-corrected chi connectivity index (χ1v) is 48.4. The number of carbonyl (C=O) groups is 4. The third-order valence-electron chi connectivity index (χ3n) is 17.8. The molecule has 133 heavy (non-hydrogen) atoms. The number of nitrogens with one attached hydrogen (secondary N) is 3. The Morgan fingerprint density at radius 3 is 0.955 bits per heavy atom. The van der Waals surface area contributed by atoms with Crippen LogP contribution in [0.2, 0.25) is 26.8 Å². The minimum atomic E-state index is -0.836. The molecule has 0 amide bonds. The summed E-state index contributed by atoms with van der Waals surface area (Å²) in [7, 11) is 0. The molecule has 0 aromatic carbocycles.